The van der Waals surface area contributed by atoms with Gasteiger partial charge in [-0.15, -0.1) is 0 Å². The first kappa shape index (κ1) is 25.5. The Balaban J connectivity index is 2.08. The Morgan fingerprint density at radius 3 is 2.35 bits per heavy atom. The third-order valence-corrected chi connectivity index (χ3v) is 6.03. The molecule has 9 heteroatoms. The molecule has 0 saturated carbocycles. The van der Waals surface area contributed by atoms with Crippen molar-refractivity contribution < 1.29 is 23.0 Å². The molecule has 1 atom stereocenters. The number of hydrogen-bond acceptors (Lipinski definition) is 5. The van der Waals surface area contributed by atoms with Crippen LogP contribution in [0, 0.1) is 0 Å². The number of fused-ring (bicyclic) bond motifs is 1. The van der Waals surface area contributed by atoms with E-state index in [9.17, 15) is 18.3 Å². The maximum Gasteiger partial charge on any atom is 0.416 e. The molecule has 0 amide bonds. The van der Waals surface area contributed by atoms with Crippen LogP contribution < -0.4 is 10.5 Å². The molecule has 3 aromatic rings. The van der Waals surface area contributed by atoms with E-state index in [-0.39, 0.29) is 12.3 Å². The maximum absolute atomic E-state index is 12.9. The lowest BCUT2D eigenvalue weighted by atomic mass is 9.95. The van der Waals surface area contributed by atoms with Crippen LogP contribution in [0.1, 0.15) is 42.2 Å². The van der Waals surface area contributed by atoms with Crippen molar-refractivity contribution in [3.05, 3.63) is 81.0 Å². The lowest BCUT2D eigenvalue weighted by Gasteiger charge is -2.19. The summed E-state index contributed by atoms with van der Waals surface area (Å²) in [4.78, 5) is 8.65. The highest BCUT2D eigenvalue weighted by molar-refractivity contribution is 6.36. The van der Waals surface area contributed by atoms with Crippen molar-refractivity contribution in [3.63, 3.8) is 0 Å². The summed E-state index contributed by atoms with van der Waals surface area (Å²) in [5.74, 6) is 0.276. The highest BCUT2D eigenvalue weighted by Crippen LogP contribution is 2.37. The summed E-state index contributed by atoms with van der Waals surface area (Å²) in [5, 5.41) is 11.9. The van der Waals surface area contributed by atoms with Crippen LogP contribution >= 0.6 is 11.6 Å². The minimum Gasteiger partial charge on any atom is -0.481 e. The molecule has 2 aromatic carbocycles. The Morgan fingerprint density at radius 2 is 1.82 bits per heavy atom. The summed E-state index contributed by atoms with van der Waals surface area (Å²) in [6.07, 6.45) is -5.23. The predicted molar refractivity (Wildman–Crippen MR) is 128 cm³/mol. The maximum atomic E-state index is 12.9. The quantitative estimate of drug-likeness (QED) is 0.423. The van der Waals surface area contributed by atoms with Gasteiger partial charge in [0.2, 0.25) is 5.88 Å². The van der Waals surface area contributed by atoms with Gasteiger partial charge >= 0.3 is 6.18 Å². The van der Waals surface area contributed by atoms with Crippen molar-refractivity contribution in [2.24, 2.45) is 10.7 Å². The smallest absolute Gasteiger partial charge is 0.416 e. The molecule has 34 heavy (non-hydrogen) atoms. The monoisotopic (exact) mass is 491 g/mol. The highest BCUT2D eigenvalue weighted by atomic mass is 35.5. The number of alkyl halides is 3. The standard InChI is InChI=1S/C25H25ClF3N3O2/c1-13(30)21(14(2)31-3)23(33)16-7-10-20-18(12-16)22(26)19(24(32-20)34-4)11-15-5-8-17(9-6-15)25(27,28)29/h5-10,12,23,33H,11,30H2,1-4H3. The second-order valence-electron chi connectivity index (χ2n) is 7.87. The summed E-state index contributed by atoms with van der Waals surface area (Å²) >= 11 is 6.75. The fourth-order valence-electron chi connectivity index (χ4n) is 3.75. The number of aliphatic hydroxyl groups excluding tert-OH is 1. The number of benzene rings is 2. The number of allylic oxidation sites excluding steroid dienone is 1. The molecule has 0 aliphatic heterocycles. The van der Waals surface area contributed by atoms with Gasteiger partial charge in [0, 0.05) is 41.4 Å². The number of nitrogens with zero attached hydrogens (tertiary/aromatic N) is 2. The Hall–Kier alpha value is -3.10. The molecule has 0 radical (unpaired) electrons. The van der Waals surface area contributed by atoms with Crippen LogP contribution in [-0.2, 0) is 12.6 Å². The molecule has 0 saturated heterocycles. The van der Waals surface area contributed by atoms with Crippen molar-refractivity contribution in [2.75, 3.05) is 14.2 Å². The fourth-order valence-corrected chi connectivity index (χ4v) is 4.05. The first-order valence-electron chi connectivity index (χ1n) is 10.4. The number of methoxy groups -OCH3 is 1. The van der Waals surface area contributed by atoms with Gasteiger partial charge in [0.1, 0.15) is 6.10 Å². The molecule has 5 nitrogen and oxygen atoms in total. The second kappa shape index (κ2) is 10.0. The van der Waals surface area contributed by atoms with Crippen LogP contribution in [0.15, 0.2) is 58.7 Å². The number of aromatic nitrogens is 1. The SMILES string of the molecule is CN=C(C)C(=C(C)N)C(O)c1ccc2nc(OC)c(Cc3ccc(C(F)(F)F)cc3)c(Cl)c2c1. The fraction of sp³-hybridized carbons (Fsp3) is 0.280. The van der Waals surface area contributed by atoms with Gasteiger partial charge in [-0.1, -0.05) is 29.8 Å². The van der Waals surface area contributed by atoms with Crippen molar-refractivity contribution in [1.29, 1.82) is 0 Å². The van der Waals surface area contributed by atoms with Crippen LogP contribution in [0.2, 0.25) is 5.02 Å². The lowest BCUT2D eigenvalue weighted by Crippen LogP contribution is -2.14. The minimum absolute atomic E-state index is 0.213. The molecule has 180 valence electrons. The van der Waals surface area contributed by atoms with Crippen LogP contribution in [0.5, 0.6) is 5.88 Å². The first-order valence-corrected chi connectivity index (χ1v) is 10.8. The summed E-state index contributed by atoms with van der Waals surface area (Å²) < 4.78 is 44.1. The van der Waals surface area contributed by atoms with Crippen molar-refractivity contribution in [2.45, 2.75) is 32.5 Å². The van der Waals surface area contributed by atoms with Gasteiger partial charge < -0.3 is 15.6 Å². The van der Waals surface area contributed by atoms with Crippen molar-refractivity contribution in [1.82, 2.24) is 4.98 Å². The molecule has 0 aliphatic rings. The molecule has 1 heterocycles. The van der Waals surface area contributed by atoms with E-state index < -0.39 is 17.8 Å². The lowest BCUT2D eigenvalue weighted by molar-refractivity contribution is -0.137. The normalized spacial score (nSPS) is 14.2. The van der Waals surface area contributed by atoms with Gasteiger partial charge in [-0.3, -0.25) is 4.99 Å². The Morgan fingerprint density at radius 1 is 1.18 bits per heavy atom. The number of aliphatic imine (C=N–C) groups is 1. The van der Waals surface area contributed by atoms with Crippen LogP contribution in [0.3, 0.4) is 0 Å². The number of halogens is 4. The number of aliphatic hydroxyl groups is 1. The average Bonchev–Trinajstić information content (AvgIpc) is 2.79. The Kier molecular flexibility index (Phi) is 7.53. The number of pyridine rings is 1. The van der Waals surface area contributed by atoms with E-state index in [1.807, 2.05) is 0 Å². The highest BCUT2D eigenvalue weighted by Gasteiger charge is 2.30. The zero-order chi connectivity index (χ0) is 25.2. The van der Waals surface area contributed by atoms with Gasteiger partial charge in [0.15, 0.2) is 0 Å². The molecule has 1 unspecified atom stereocenters. The van der Waals surface area contributed by atoms with Gasteiger partial charge in [-0.25, -0.2) is 4.98 Å². The largest absolute Gasteiger partial charge is 0.481 e. The molecule has 1 aromatic heterocycles. The molecule has 0 aliphatic carbocycles. The van der Waals surface area contributed by atoms with Crippen LogP contribution in [0.25, 0.3) is 10.9 Å². The second-order valence-corrected chi connectivity index (χ2v) is 8.25. The van der Waals surface area contributed by atoms with Gasteiger partial charge in [0.05, 0.1) is 23.2 Å². The van der Waals surface area contributed by atoms with Crippen LogP contribution in [0.4, 0.5) is 13.2 Å². The predicted octanol–water partition coefficient (Wildman–Crippen LogP) is 5.86. The first-order chi connectivity index (χ1) is 16.0. The zero-order valence-corrected chi connectivity index (χ0v) is 19.9. The van der Waals surface area contributed by atoms with E-state index in [0.29, 0.717) is 49.6 Å². The van der Waals surface area contributed by atoms with E-state index >= 15 is 0 Å². The minimum atomic E-state index is -4.41. The molecular formula is C25H25ClF3N3O2. The zero-order valence-electron chi connectivity index (χ0n) is 19.2. The van der Waals surface area contributed by atoms with Gasteiger partial charge in [-0.2, -0.15) is 13.2 Å². The van der Waals surface area contributed by atoms with Crippen molar-refractivity contribution in [3.8, 4) is 5.88 Å². The summed E-state index contributed by atoms with van der Waals surface area (Å²) in [7, 11) is 3.07. The Labute approximate surface area is 200 Å². The van der Waals surface area contributed by atoms with E-state index in [4.69, 9.17) is 22.1 Å². The van der Waals surface area contributed by atoms with Crippen molar-refractivity contribution >= 4 is 28.2 Å². The molecule has 0 bridgehead atoms. The third-order valence-electron chi connectivity index (χ3n) is 5.60. The number of hydrogen-bond donors (Lipinski definition) is 2. The summed E-state index contributed by atoms with van der Waals surface area (Å²) in [6.45, 7) is 3.45. The van der Waals surface area contributed by atoms with E-state index in [1.54, 1.807) is 39.1 Å². The van der Waals surface area contributed by atoms with E-state index in [1.165, 1.54) is 19.2 Å². The topological polar surface area (TPSA) is 80.7 Å². The third kappa shape index (κ3) is 5.18. The summed E-state index contributed by atoms with van der Waals surface area (Å²) in [5.41, 5.74) is 9.05. The molecule has 3 rings (SSSR count). The molecule has 0 fully saturated rings. The number of rotatable bonds is 6. The van der Waals surface area contributed by atoms with E-state index in [2.05, 4.69) is 9.98 Å². The summed E-state index contributed by atoms with van der Waals surface area (Å²) in [6, 6.07) is 10.0. The average molecular weight is 492 g/mol. The number of nitrogens with two attached hydrogens (primary N) is 1. The molecule has 0 spiro atoms. The van der Waals surface area contributed by atoms with E-state index in [0.717, 1.165) is 12.1 Å². The molecular weight excluding hydrogens is 467 g/mol. The van der Waals surface area contributed by atoms with Crippen LogP contribution in [-0.4, -0.2) is 30.0 Å². The Bertz CT molecular complexity index is 1270. The number of ether oxygens (including phenoxy) is 1. The van der Waals surface area contributed by atoms with Gasteiger partial charge in [0.25, 0.3) is 0 Å². The molecule has 3 N–H and O–H groups in total. The van der Waals surface area contributed by atoms with Gasteiger partial charge in [-0.05, 0) is 49.2 Å².